The van der Waals surface area contributed by atoms with Crippen LogP contribution in [0.4, 0.5) is 0 Å². The highest BCUT2D eigenvalue weighted by Gasteiger charge is 2.07. The first-order valence-corrected chi connectivity index (χ1v) is 6.54. The number of hydrogen-bond acceptors (Lipinski definition) is 4. The van der Waals surface area contributed by atoms with Gasteiger partial charge in [-0.05, 0) is 6.07 Å². The molecular formula is C15H23NO3. The van der Waals surface area contributed by atoms with Crippen LogP contribution in [0.1, 0.15) is 19.4 Å². The third kappa shape index (κ3) is 6.38. The lowest BCUT2D eigenvalue weighted by atomic mass is 10.2. The minimum absolute atomic E-state index is 0.00469. The summed E-state index contributed by atoms with van der Waals surface area (Å²) < 4.78 is 5.61. The van der Waals surface area contributed by atoms with E-state index in [1.165, 1.54) is 0 Å². The van der Waals surface area contributed by atoms with Crippen LogP contribution < -0.4 is 10.1 Å². The van der Waals surface area contributed by atoms with E-state index in [4.69, 9.17) is 9.84 Å². The molecule has 4 heteroatoms. The molecule has 4 nitrogen and oxygen atoms in total. The van der Waals surface area contributed by atoms with Gasteiger partial charge in [-0.2, -0.15) is 0 Å². The quantitative estimate of drug-likeness (QED) is 0.665. The summed E-state index contributed by atoms with van der Waals surface area (Å²) in [6.07, 6.45) is 2.91. The Hall–Kier alpha value is -1.36. The zero-order valence-electron chi connectivity index (χ0n) is 11.5. The number of aliphatic hydroxyl groups is 2. The van der Waals surface area contributed by atoms with Crippen LogP contribution in [0.2, 0.25) is 0 Å². The van der Waals surface area contributed by atoms with Gasteiger partial charge in [0.05, 0.1) is 6.61 Å². The largest absolute Gasteiger partial charge is 0.490 e. The fraction of sp³-hybridized carbons (Fsp3) is 0.467. The van der Waals surface area contributed by atoms with Crippen LogP contribution in [0.5, 0.6) is 5.75 Å². The summed E-state index contributed by atoms with van der Waals surface area (Å²) >= 11 is 0. The maximum absolute atomic E-state index is 9.78. The Balaban J connectivity index is 2.50. The predicted octanol–water partition coefficient (Wildman–Crippen LogP) is 1.43. The number of rotatable bonds is 8. The first-order valence-electron chi connectivity index (χ1n) is 6.54. The van der Waals surface area contributed by atoms with Crippen molar-refractivity contribution in [3.05, 3.63) is 35.9 Å². The molecule has 0 saturated carbocycles. The van der Waals surface area contributed by atoms with Crippen molar-refractivity contribution in [2.45, 2.75) is 26.0 Å². The second-order valence-electron chi connectivity index (χ2n) is 4.65. The topological polar surface area (TPSA) is 61.7 Å². The van der Waals surface area contributed by atoms with Crippen LogP contribution in [-0.2, 0) is 0 Å². The average Bonchev–Trinajstić information content (AvgIpc) is 2.41. The van der Waals surface area contributed by atoms with Crippen LogP contribution >= 0.6 is 0 Å². The molecule has 1 unspecified atom stereocenters. The molecule has 0 aromatic heterocycles. The number of hydrogen-bond donors (Lipinski definition) is 3. The van der Waals surface area contributed by atoms with E-state index in [1.807, 2.05) is 38.1 Å². The second-order valence-corrected chi connectivity index (χ2v) is 4.65. The van der Waals surface area contributed by atoms with E-state index >= 15 is 0 Å². The van der Waals surface area contributed by atoms with E-state index in [-0.39, 0.29) is 13.2 Å². The maximum Gasteiger partial charge on any atom is 0.126 e. The van der Waals surface area contributed by atoms with Crippen molar-refractivity contribution in [3.63, 3.8) is 0 Å². The summed E-state index contributed by atoms with van der Waals surface area (Å²) in [6, 6.07) is 7.87. The van der Waals surface area contributed by atoms with Gasteiger partial charge in [-0.25, -0.2) is 0 Å². The minimum atomic E-state index is -0.544. The summed E-state index contributed by atoms with van der Waals surface area (Å²) in [5.74, 6) is 0.704. The molecule has 0 saturated heterocycles. The van der Waals surface area contributed by atoms with Crippen molar-refractivity contribution in [1.29, 1.82) is 0 Å². The van der Waals surface area contributed by atoms with Gasteiger partial charge < -0.3 is 20.3 Å². The van der Waals surface area contributed by atoms with Crippen molar-refractivity contribution in [2.75, 3.05) is 19.8 Å². The lowest BCUT2D eigenvalue weighted by Crippen LogP contribution is -2.35. The Morgan fingerprint density at radius 2 is 2.05 bits per heavy atom. The summed E-state index contributed by atoms with van der Waals surface area (Å²) in [7, 11) is 0. The van der Waals surface area contributed by atoms with E-state index in [1.54, 1.807) is 12.2 Å². The molecule has 1 rings (SSSR count). The van der Waals surface area contributed by atoms with Gasteiger partial charge in [0.2, 0.25) is 0 Å². The van der Waals surface area contributed by atoms with E-state index < -0.39 is 6.10 Å². The molecule has 0 fully saturated rings. The lowest BCUT2D eigenvalue weighted by molar-refractivity contribution is 0.104. The number of nitrogens with one attached hydrogen (secondary N) is 1. The lowest BCUT2D eigenvalue weighted by Gasteiger charge is -2.16. The highest BCUT2D eigenvalue weighted by Crippen LogP contribution is 2.19. The van der Waals surface area contributed by atoms with Crippen LogP contribution in [-0.4, -0.2) is 42.1 Å². The summed E-state index contributed by atoms with van der Waals surface area (Å²) in [6.45, 7) is 4.80. The van der Waals surface area contributed by atoms with Crippen molar-refractivity contribution in [3.8, 4) is 5.75 Å². The maximum atomic E-state index is 9.78. The third-order valence-electron chi connectivity index (χ3n) is 2.51. The standard InChI is InChI=1S/C15H23NO3/c1-12(2)16-10-14(18)11-19-15-8-4-3-6-13(15)7-5-9-17/h3-8,12,14,16-18H,9-11H2,1-2H3/b7-5+. The summed E-state index contributed by atoms with van der Waals surface area (Å²) in [5.41, 5.74) is 0.889. The van der Waals surface area contributed by atoms with Gasteiger partial charge in [-0.15, -0.1) is 0 Å². The monoisotopic (exact) mass is 265 g/mol. The highest BCUT2D eigenvalue weighted by molar-refractivity contribution is 5.57. The second kappa shape index (κ2) is 8.69. The van der Waals surface area contributed by atoms with Crippen LogP contribution in [0.3, 0.4) is 0 Å². The van der Waals surface area contributed by atoms with Gasteiger partial charge in [-0.3, -0.25) is 0 Å². The first-order chi connectivity index (χ1) is 9.13. The molecule has 0 spiro atoms. The van der Waals surface area contributed by atoms with E-state index in [9.17, 15) is 5.11 Å². The highest BCUT2D eigenvalue weighted by atomic mass is 16.5. The van der Waals surface area contributed by atoms with Crippen molar-refractivity contribution in [2.24, 2.45) is 0 Å². The third-order valence-corrected chi connectivity index (χ3v) is 2.51. The molecule has 0 radical (unpaired) electrons. The fourth-order valence-electron chi connectivity index (χ4n) is 1.55. The van der Waals surface area contributed by atoms with Gasteiger partial charge in [0.25, 0.3) is 0 Å². The molecule has 0 aliphatic heterocycles. The summed E-state index contributed by atoms with van der Waals surface area (Å²) in [5, 5.41) is 21.7. The zero-order chi connectivity index (χ0) is 14.1. The van der Waals surface area contributed by atoms with Crippen LogP contribution in [0, 0.1) is 0 Å². The van der Waals surface area contributed by atoms with Gasteiger partial charge in [0, 0.05) is 18.2 Å². The molecule has 3 N–H and O–H groups in total. The normalized spacial score (nSPS) is 13.1. The van der Waals surface area contributed by atoms with Gasteiger partial charge >= 0.3 is 0 Å². The summed E-state index contributed by atoms with van der Waals surface area (Å²) in [4.78, 5) is 0. The number of para-hydroxylation sites is 1. The predicted molar refractivity (Wildman–Crippen MR) is 77.2 cm³/mol. The van der Waals surface area contributed by atoms with E-state index in [2.05, 4.69) is 5.32 Å². The van der Waals surface area contributed by atoms with E-state index in [0.29, 0.717) is 18.3 Å². The Kier molecular flexibility index (Phi) is 7.18. The minimum Gasteiger partial charge on any atom is -0.490 e. The first kappa shape index (κ1) is 15.7. The molecule has 0 aliphatic rings. The zero-order valence-corrected chi connectivity index (χ0v) is 11.5. The van der Waals surface area contributed by atoms with Gasteiger partial charge in [0.15, 0.2) is 0 Å². The van der Waals surface area contributed by atoms with Crippen molar-refractivity contribution >= 4 is 6.08 Å². The molecule has 0 amide bonds. The van der Waals surface area contributed by atoms with Gasteiger partial charge in [-0.1, -0.05) is 44.2 Å². The smallest absolute Gasteiger partial charge is 0.126 e. The Labute approximate surface area is 114 Å². The van der Waals surface area contributed by atoms with Crippen LogP contribution in [0.25, 0.3) is 6.08 Å². The Morgan fingerprint density at radius 3 is 2.74 bits per heavy atom. The molecule has 1 aromatic carbocycles. The van der Waals surface area contributed by atoms with Crippen LogP contribution in [0.15, 0.2) is 30.3 Å². The molecule has 19 heavy (non-hydrogen) atoms. The number of ether oxygens (including phenoxy) is 1. The Bertz CT molecular complexity index is 391. The molecule has 0 heterocycles. The molecule has 0 aliphatic carbocycles. The molecule has 106 valence electrons. The molecule has 1 aromatic rings. The molecular weight excluding hydrogens is 242 g/mol. The van der Waals surface area contributed by atoms with Gasteiger partial charge in [0.1, 0.15) is 18.5 Å². The van der Waals surface area contributed by atoms with E-state index in [0.717, 1.165) is 5.56 Å². The SMILES string of the molecule is CC(C)NCC(O)COc1ccccc1/C=C/CO. The molecule has 1 atom stereocenters. The molecule has 0 bridgehead atoms. The number of benzene rings is 1. The fourth-order valence-corrected chi connectivity index (χ4v) is 1.55. The Morgan fingerprint density at radius 1 is 1.32 bits per heavy atom. The number of aliphatic hydroxyl groups excluding tert-OH is 2. The van der Waals surface area contributed by atoms with Crippen molar-refractivity contribution < 1.29 is 14.9 Å². The average molecular weight is 265 g/mol. The van der Waals surface area contributed by atoms with Crippen molar-refractivity contribution in [1.82, 2.24) is 5.32 Å².